The largest absolute Gasteiger partial charge is 0.320 e. The molecule has 2 atom stereocenters. The van der Waals surface area contributed by atoms with Crippen LogP contribution in [0.25, 0.3) is 0 Å². The first-order valence-corrected chi connectivity index (χ1v) is 7.92. The van der Waals surface area contributed by atoms with Crippen molar-refractivity contribution in [1.82, 2.24) is 15.1 Å². The first kappa shape index (κ1) is 14.5. The number of hydrogen-bond donors (Lipinski definition) is 1. The van der Waals surface area contributed by atoms with Gasteiger partial charge in [-0.2, -0.15) is 11.3 Å². The Kier molecular flexibility index (Phi) is 4.96. The van der Waals surface area contributed by atoms with Gasteiger partial charge in [-0.3, -0.25) is 10.1 Å². The number of carbonyl (C=O) groups is 1. The molecule has 1 fully saturated rings. The molecule has 2 heterocycles. The molecule has 1 amide bonds. The van der Waals surface area contributed by atoms with E-state index < -0.39 is 0 Å². The van der Waals surface area contributed by atoms with Crippen molar-refractivity contribution in [2.24, 2.45) is 0 Å². The molecule has 1 aromatic rings. The fraction of sp³-hybridized carbons (Fsp3) is 0.643. The van der Waals surface area contributed by atoms with Gasteiger partial charge in [0.25, 0.3) is 0 Å². The Labute approximate surface area is 119 Å². The highest BCUT2D eigenvalue weighted by molar-refractivity contribution is 7.07. The molecule has 1 aliphatic heterocycles. The van der Waals surface area contributed by atoms with Crippen LogP contribution in [0, 0.1) is 0 Å². The van der Waals surface area contributed by atoms with Gasteiger partial charge in [0.2, 0.25) is 5.91 Å². The van der Waals surface area contributed by atoms with Gasteiger partial charge in [0.05, 0.1) is 6.04 Å². The smallest absolute Gasteiger partial charge is 0.241 e. The molecule has 106 valence electrons. The summed E-state index contributed by atoms with van der Waals surface area (Å²) in [5.41, 5.74) is 1.20. The van der Waals surface area contributed by atoms with Crippen LogP contribution in [0.5, 0.6) is 0 Å². The van der Waals surface area contributed by atoms with Gasteiger partial charge in [-0.05, 0) is 42.4 Å². The molecule has 0 saturated carbocycles. The zero-order valence-corrected chi connectivity index (χ0v) is 12.7. The van der Waals surface area contributed by atoms with Crippen molar-refractivity contribution in [1.29, 1.82) is 0 Å². The topological polar surface area (TPSA) is 35.6 Å². The Morgan fingerprint density at radius 1 is 1.42 bits per heavy atom. The summed E-state index contributed by atoms with van der Waals surface area (Å²) >= 11 is 1.68. The van der Waals surface area contributed by atoms with Crippen LogP contribution in [-0.2, 0) is 4.79 Å². The summed E-state index contributed by atoms with van der Waals surface area (Å²) in [6, 6.07) is 2.01. The Morgan fingerprint density at radius 3 is 2.74 bits per heavy atom. The van der Waals surface area contributed by atoms with Crippen molar-refractivity contribution < 1.29 is 4.79 Å². The molecular weight excluding hydrogens is 258 g/mol. The lowest BCUT2D eigenvalue weighted by molar-refractivity contribution is -0.130. The van der Waals surface area contributed by atoms with Crippen LogP contribution >= 0.6 is 11.3 Å². The normalized spacial score (nSPS) is 23.6. The predicted octanol–water partition coefficient (Wildman–Crippen LogP) is 1.91. The van der Waals surface area contributed by atoms with Gasteiger partial charge >= 0.3 is 0 Å². The van der Waals surface area contributed by atoms with Gasteiger partial charge in [0, 0.05) is 13.1 Å². The van der Waals surface area contributed by atoms with E-state index in [9.17, 15) is 4.79 Å². The summed E-state index contributed by atoms with van der Waals surface area (Å²) in [6.07, 6.45) is 0.0457. The van der Waals surface area contributed by atoms with E-state index in [0.29, 0.717) is 0 Å². The lowest BCUT2D eigenvalue weighted by atomic mass is 10.2. The lowest BCUT2D eigenvalue weighted by Gasteiger charge is -2.27. The highest BCUT2D eigenvalue weighted by Crippen LogP contribution is 2.26. The van der Waals surface area contributed by atoms with Crippen LogP contribution in [-0.4, -0.2) is 47.9 Å². The zero-order valence-electron chi connectivity index (χ0n) is 11.9. The van der Waals surface area contributed by atoms with Crippen molar-refractivity contribution in [3.8, 4) is 0 Å². The molecule has 0 bridgehead atoms. The van der Waals surface area contributed by atoms with E-state index in [1.807, 2.05) is 11.8 Å². The summed E-state index contributed by atoms with van der Waals surface area (Å²) in [6.45, 7) is 10.1. The summed E-state index contributed by atoms with van der Waals surface area (Å²) in [5, 5.41) is 7.56. The molecule has 0 aliphatic carbocycles. The van der Waals surface area contributed by atoms with E-state index in [2.05, 4.69) is 40.9 Å². The molecule has 0 radical (unpaired) electrons. The van der Waals surface area contributed by atoms with Crippen LogP contribution in [0.4, 0.5) is 0 Å². The maximum Gasteiger partial charge on any atom is 0.241 e. The number of carbonyl (C=O) groups excluding carboxylic acids is 1. The van der Waals surface area contributed by atoms with Gasteiger partial charge in [-0.1, -0.05) is 13.8 Å². The molecule has 1 saturated heterocycles. The second kappa shape index (κ2) is 6.50. The second-order valence-electron chi connectivity index (χ2n) is 4.91. The second-order valence-corrected chi connectivity index (χ2v) is 5.69. The van der Waals surface area contributed by atoms with Crippen molar-refractivity contribution >= 4 is 17.2 Å². The number of hydrogen-bond acceptors (Lipinski definition) is 4. The molecule has 0 aromatic carbocycles. The fourth-order valence-electron chi connectivity index (χ4n) is 2.51. The Bertz CT molecular complexity index is 403. The van der Waals surface area contributed by atoms with E-state index in [-0.39, 0.29) is 18.1 Å². The summed E-state index contributed by atoms with van der Waals surface area (Å²) < 4.78 is 0. The number of thiophene rings is 1. The molecule has 1 N–H and O–H groups in total. The van der Waals surface area contributed by atoms with Crippen molar-refractivity contribution in [3.05, 3.63) is 22.4 Å². The molecular formula is C14H23N3OS. The number of likely N-dealkylation sites (N-methyl/N-ethyl adjacent to an activating group) is 1. The zero-order chi connectivity index (χ0) is 13.8. The van der Waals surface area contributed by atoms with E-state index >= 15 is 0 Å². The minimum Gasteiger partial charge on any atom is -0.320 e. The fourth-order valence-corrected chi connectivity index (χ4v) is 3.19. The minimum absolute atomic E-state index is 0.0457. The van der Waals surface area contributed by atoms with Gasteiger partial charge < -0.3 is 9.80 Å². The quantitative estimate of drug-likeness (QED) is 0.865. The van der Waals surface area contributed by atoms with Gasteiger partial charge in [-0.15, -0.1) is 0 Å². The number of amides is 1. The molecule has 1 aromatic heterocycles. The van der Waals surface area contributed by atoms with Crippen LogP contribution in [0.1, 0.15) is 32.5 Å². The van der Waals surface area contributed by atoms with Crippen LogP contribution in [0.3, 0.4) is 0 Å². The molecule has 0 spiro atoms. The Balaban J connectivity index is 2.04. The predicted molar refractivity (Wildman–Crippen MR) is 79.2 cm³/mol. The third-order valence-corrected chi connectivity index (χ3v) is 4.48. The maximum absolute atomic E-state index is 12.2. The molecule has 2 rings (SSSR count). The van der Waals surface area contributed by atoms with Gasteiger partial charge in [-0.25, -0.2) is 0 Å². The monoisotopic (exact) mass is 281 g/mol. The Hall–Kier alpha value is -0.910. The number of nitrogens with zero attached hydrogens (tertiary/aromatic N) is 2. The van der Waals surface area contributed by atoms with Crippen molar-refractivity contribution in [2.75, 3.05) is 26.2 Å². The minimum atomic E-state index is -0.0818. The van der Waals surface area contributed by atoms with E-state index in [1.165, 1.54) is 5.56 Å². The standard InChI is InChI=1S/C14H23N3OS/c1-4-16(5-2)7-8-17-13(12-6-9-19-10-12)15-11(3)14(17)18/h6,9-11,13,15H,4-5,7-8H2,1-3H3. The van der Waals surface area contributed by atoms with Gasteiger partial charge in [0.1, 0.15) is 6.17 Å². The average Bonchev–Trinajstić information content (AvgIpc) is 3.02. The third kappa shape index (κ3) is 3.16. The van der Waals surface area contributed by atoms with Gasteiger partial charge in [0.15, 0.2) is 0 Å². The SMILES string of the molecule is CCN(CC)CCN1C(=O)C(C)NC1c1ccsc1. The molecule has 1 aliphatic rings. The Morgan fingerprint density at radius 2 is 2.16 bits per heavy atom. The summed E-state index contributed by atoms with van der Waals surface area (Å²) in [5.74, 6) is 0.211. The van der Waals surface area contributed by atoms with Crippen molar-refractivity contribution in [2.45, 2.75) is 33.0 Å². The molecule has 4 nitrogen and oxygen atoms in total. The average molecular weight is 281 g/mol. The first-order chi connectivity index (χ1) is 9.17. The summed E-state index contributed by atoms with van der Waals surface area (Å²) in [4.78, 5) is 16.6. The van der Waals surface area contributed by atoms with Crippen LogP contribution in [0.15, 0.2) is 16.8 Å². The first-order valence-electron chi connectivity index (χ1n) is 6.98. The lowest BCUT2D eigenvalue weighted by Crippen LogP contribution is -2.38. The molecule has 19 heavy (non-hydrogen) atoms. The number of rotatable bonds is 6. The van der Waals surface area contributed by atoms with E-state index in [1.54, 1.807) is 11.3 Å². The summed E-state index contributed by atoms with van der Waals surface area (Å²) in [7, 11) is 0. The van der Waals surface area contributed by atoms with Crippen LogP contribution in [0.2, 0.25) is 0 Å². The van der Waals surface area contributed by atoms with E-state index in [0.717, 1.165) is 26.2 Å². The highest BCUT2D eigenvalue weighted by Gasteiger charge is 2.36. The number of nitrogens with one attached hydrogen (secondary N) is 1. The van der Waals surface area contributed by atoms with Crippen LogP contribution < -0.4 is 5.32 Å². The highest BCUT2D eigenvalue weighted by atomic mass is 32.1. The van der Waals surface area contributed by atoms with E-state index in [4.69, 9.17) is 0 Å². The molecule has 5 heteroatoms. The molecule has 2 unspecified atom stereocenters. The third-order valence-electron chi connectivity index (χ3n) is 3.78. The maximum atomic E-state index is 12.2. The van der Waals surface area contributed by atoms with Crippen molar-refractivity contribution in [3.63, 3.8) is 0 Å².